The molecule has 16 heavy (non-hydrogen) atoms. The SMILES string of the molecule is CCOC(C(N)CC(C)C)C1CCCCC1. The van der Waals surface area contributed by atoms with Crippen molar-refractivity contribution in [2.45, 2.75) is 71.4 Å². The van der Waals surface area contributed by atoms with Crippen molar-refractivity contribution in [3.05, 3.63) is 0 Å². The second-order valence-corrected chi connectivity index (χ2v) is 5.61. The molecule has 0 amide bonds. The molecular weight excluding hydrogens is 198 g/mol. The van der Waals surface area contributed by atoms with Crippen molar-refractivity contribution < 1.29 is 4.74 Å². The van der Waals surface area contributed by atoms with Gasteiger partial charge in [0, 0.05) is 12.6 Å². The summed E-state index contributed by atoms with van der Waals surface area (Å²) in [6.07, 6.45) is 8.14. The maximum absolute atomic E-state index is 6.31. The molecule has 0 saturated heterocycles. The van der Waals surface area contributed by atoms with E-state index in [1.165, 1.54) is 32.1 Å². The lowest BCUT2D eigenvalue weighted by Gasteiger charge is -2.34. The Hall–Kier alpha value is -0.0800. The number of rotatable bonds is 6. The lowest BCUT2D eigenvalue weighted by atomic mass is 9.81. The summed E-state index contributed by atoms with van der Waals surface area (Å²) in [5.41, 5.74) is 6.31. The standard InChI is InChI=1S/C14H29NO/c1-4-16-14(13(15)10-11(2)3)12-8-6-5-7-9-12/h11-14H,4-10,15H2,1-3H3. The van der Waals surface area contributed by atoms with E-state index in [4.69, 9.17) is 10.5 Å². The van der Waals surface area contributed by atoms with E-state index in [-0.39, 0.29) is 6.04 Å². The molecule has 2 atom stereocenters. The predicted octanol–water partition coefficient (Wildman–Crippen LogP) is 3.35. The van der Waals surface area contributed by atoms with Crippen LogP contribution in [0.5, 0.6) is 0 Å². The van der Waals surface area contributed by atoms with Crippen LogP contribution in [0.2, 0.25) is 0 Å². The van der Waals surface area contributed by atoms with Crippen molar-refractivity contribution in [1.29, 1.82) is 0 Å². The number of hydrogen-bond acceptors (Lipinski definition) is 2. The normalized spacial score (nSPS) is 22.3. The zero-order chi connectivity index (χ0) is 12.0. The number of hydrogen-bond donors (Lipinski definition) is 1. The van der Waals surface area contributed by atoms with Gasteiger partial charge in [-0.25, -0.2) is 0 Å². The van der Waals surface area contributed by atoms with Crippen LogP contribution in [-0.4, -0.2) is 18.8 Å². The smallest absolute Gasteiger partial charge is 0.0753 e. The molecule has 0 bridgehead atoms. The van der Waals surface area contributed by atoms with E-state index < -0.39 is 0 Å². The lowest BCUT2D eigenvalue weighted by Crippen LogP contribution is -2.43. The molecule has 96 valence electrons. The van der Waals surface area contributed by atoms with Gasteiger partial charge in [0.25, 0.3) is 0 Å². The van der Waals surface area contributed by atoms with Crippen molar-refractivity contribution in [3.63, 3.8) is 0 Å². The average molecular weight is 227 g/mol. The molecule has 0 heterocycles. The van der Waals surface area contributed by atoms with Gasteiger partial charge in [0.15, 0.2) is 0 Å². The van der Waals surface area contributed by atoms with Gasteiger partial charge in [0.2, 0.25) is 0 Å². The summed E-state index contributed by atoms with van der Waals surface area (Å²) >= 11 is 0. The van der Waals surface area contributed by atoms with Gasteiger partial charge in [0.1, 0.15) is 0 Å². The Balaban J connectivity index is 2.50. The predicted molar refractivity (Wildman–Crippen MR) is 69.4 cm³/mol. The molecule has 1 aliphatic rings. The molecule has 1 rings (SSSR count). The summed E-state index contributed by atoms with van der Waals surface area (Å²) in [7, 11) is 0. The molecule has 2 heteroatoms. The second-order valence-electron chi connectivity index (χ2n) is 5.61. The highest BCUT2D eigenvalue weighted by molar-refractivity contribution is 4.83. The molecule has 2 unspecified atom stereocenters. The third kappa shape index (κ3) is 4.42. The maximum atomic E-state index is 6.31. The first-order valence-electron chi connectivity index (χ1n) is 7.02. The Bertz CT molecular complexity index is 176. The van der Waals surface area contributed by atoms with Gasteiger partial charge in [-0.1, -0.05) is 33.1 Å². The largest absolute Gasteiger partial charge is 0.377 e. The van der Waals surface area contributed by atoms with Gasteiger partial charge < -0.3 is 10.5 Å². The third-order valence-electron chi connectivity index (χ3n) is 3.64. The van der Waals surface area contributed by atoms with E-state index in [2.05, 4.69) is 20.8 Å². The topological polar surface area (TPSA) is 35.2 Å². The van der Waals surface area contributed by atoms with Crippen LogP contribution in [0.4, 0.5) is 0 Å². The van der Waals surface area contributed by atoms with E-state index in [1.807, 2.05) is 0 Å². The Labute approximate surface area is 101 Å². The van der Waals surface area contributed by atoms with Crippen molar-refractivity contribution in [2.24, 2.45) is 17.6 Å². The fourth-order valence-electron chi connectivity index (χ4n) is 2.94. The molecule has 0 aromatic heterocycles. The highest BCUT2D eigenvalue weighted by Crippen LogP contribution is 2.30. The first-order valence-corrected chi connectivity index (χ1v) is 7.02. The Kier molecular flexibility index (Phi) is 6.37. The van der Waals surface area contributed by atoms with E-state index in [1.54, 1.807) is 0 Å². The fourth-order valence-corrected chi connectivity index (χ4v) is 2.94. The van der Waals surface area contributed by atoms with Crippen molar-refractivity contribution in [3.8, 4) is 0 Å². The van der Waals surface area contributed by atoms with Crippen LogP contribution in [0.1, 0.15) is 59.3 Å². The van der Waals surface area contributed by atoms with Crippen molar-refractivity contribution in [1.82, 2.24) is 0 Å². The quantitative estimate of drug-likeness (QED) is 0.755. The zero-order valence-corrected chi connectivity index (χ0v) is 11.2. The van der Waals surface area contributed by atoms with Gasteiger partial charge in [-0.3, -0.25) is 0 Å². The van der Waals surface area contributed by atoms with Crippen molar-refractivity contribution in [2.75, 3.05) is 6.61 Å². The average Bonchev–Trinajstić information content (AvgIpc) is 2.26. The monoisotopic (exact) mass is 227 g/mol. The zero-order valence-electron chi connectivity index (χ0n) is 11.2. The number of ether oxygens (including phenoxy) is 1. The van der Waals surface area contributed by atoms with Gasteiger partial charge in [-0.05, 0) is 38.0 Å². The Morgan fingerprint density at radius 2 is 1.81 bits per heavy atom. The molecule has 0 aliphatic heterocycles. The van der Waals surface area contributed by atoms with Gasteiger partial charge in [0.05, 0.1) is 6.10 Å². The molecule has 0 spiro atoms. The highest BCUT2D eigenvalue weighted by Gasteiger charge is 2.29. The van der Waals surface area contributed by atoms with E-state index in [0.29, 0.717) is 17.9 Å². The molecule has 1 aliphatic carbocycles. The van der Waals surface area contributed by atoms with Gasteiger partial charge in [-0.2, -0.15) is 0 Å². The summed E-state index contributed by atoms with van der Waals surface area (Å²) in [6.45, 7) is 7.36. The maximum Gasteiger partial charge on any atom is 0.0753 e. The lowest BCUT2D eigenvalue weighted by molar-refractivity contribution is -0.0130. The first-order chi connectivity index (χ1) is 7.65. The van der Waals surface area contributed by atoms with Crippen LogP contribution in [0.15, 0.2) is 0 Å². The summed E-state index contributed by atoms with van der Waals surface area (Å²) in [5, 5.41) is 0. The first kappa shape index (κ1) is 14.0. The third-order valence-corrected chi connectivity index (χ3v) is 3.64. The van der Waals surface area contributed by atoms with Crippen LogP contribution in [0, 0.1) is 11.8 Å². The number of nitrogens with two attached hydrogens (primary N) is 1. The van der Waals surface area contributed by atoms with E-state index in [0.717, 1.165) is 13.0 Å². The minimum absolute atomic E-state index is 0.225. The van der Waals surface area contributed by atoms with Crippen LogP contribution in [-0.2, 0) is 4.74 Å². The summed E-state index contributed by atoms with van der Waals surface area (Å²) in [5.74, 6) is 1.38. The Morgan fingerprint density at radius 1 is 1.19 bits per heavy atom. The van der Waals surface area contributed by atoms with Crippen LogP contribution >= 0.6 is 0 Å². The fraction of sp³-hybridized carbons (Fsp3) is 1.00. The van der Waals surface area contributed by atoms with Crippen molar-refractivity contribution >= 4 is 0 Å². The van der Waals surface area contributed by atoms with Gasteiger partial charge in [-0.15, -0.1) is 0 Å². The minimum atomic E-state index is 0.225. The molecule has 1 saturated carbocycles. The minimum Gasteiger partial charge on any atom is -0.377 e. The molecular formula is C14H29NO. The molecule has 2 N–H and O–H groups in total. The summed E-state index contributed by atoms with van der Waals surface area (Å²) in [4.78, 5) is 0. The van der Waals surface area contributed by atoms with E-state index in [9.17, 15) is 0 Å². The Morgan fingerprint density at radius 3 is 2.31 bits per heavy atom. The highest BCUT2D eigenvalue weighted by atomic mass is 16.5. The van der Waals surface area contributed by atoms with E-state index >= 15 is 0 Å². The summed E-state index contributed by atoms with van der Waals surface area (Å²) in [6, 6.07) is 0.225. The molecule has 0 radical (unpaired) electrons. The van der Waals surface area contributed by atoms with Gasteiger partial charge >= 0.3 is 0 Å². The van der Waals surface area contributed by atoms with Crippen LogP contribution in [0.25, 0.3) is 0 Å². The summed E-state index contributed by atoms with van der Waals surface area (Å²) < 4.78 is 5.92. The van der Waals surface area contributed by atoms with Crippen LogP contribution in [0.3, 0.4) is 0 Å². The van der Waals surface area contributed by atoms with Crippen LogP contribution < -0.4 is 5.73 Å². The molecule has 1 fully saturated rings. The second kappa shape index (κ2) is 7.29. The molecule has 0 aromatic carbocycles. The molecule has 0 aromatic rings. The molecule has 2 nitrogen and oxygen atoms in total.